The van der Waals surface area contributed by atoms with Crippen LogP contribution in [0, 0.1) is 35.3 Å². The number of rotatable bonds is 7. The molecule has 4 heterocycles. The SMILES string of the molecule is C#Cc1c(F)ccc2cc(O)cc(-c3c(F)c4nc(OC[C@@]5(CN(C)C)C[C@H]5C(F)(F)F)nc(N5[C@@H]6CC[C@H]5CNC6)c4c4cn(C)nc34)c12. The van der Waals surface area contributed by atoms with Crippen LogP contribution in [-0.2, 0) is 7.05 Å². The third kappa shape index (κ3) is 5.09. The number of aromatic hydroxyl groups is 1. The highest BCUT2D eigenvalue weighted by Crippen LogP contribution is 2.60. The molecule has 0 spiro atoms. The van der Waals surface area contributed by atoms with Crippen molar-refractivity contribution < 1.29 is 31.8 Å². The maximum Gasteiger partial charge on any atom is 0.392 e. The standard InChI is InChI=1S/C36H34F5N7O2/c1-5-22-25(37)9-6-18-10-21(49)11-23(27(18)22)28-30(38)32-29(24-15-47(4)45-31(24)28)33(48-19-7-8-20(48)14-42-13-19)44-34(43-32)50-17-35(16-46(2)3)12-26(35)36(39,40)41/h1,6,9-11,15,19-20,26,42,49H,7-8,12-14,16-17H2,2-4H3/t19-,20+,26-,35+/m1/s1. The largest absolute Gasteiger partial charge is 0.508 e. The van der Waals surface area contributed by atoms with E-state index >= 15 is 8.78 Å². The summed E-state index contributed by atoms with van der Waals surface area (Å²) in [6.07, 6.45) is 4.70. The van der Waals surface area contributed by atoms with Gasteiger partial charge in [-0.15, -0.1) is 6.42 Å². The number of hydrogen-bond acceptors (Lipinski definition) is 8. The molecule has 8 rings (SSSR count). The summed E-state index contributed by atoms with van der Waals surface area (Å²) < 4.78 is 81.9. The number of nitrogens with one attached hydrogen (secondary N) is 1. The van der Waals surface area contributed by atoms with Crippen molar-refractivity contribution >= 4 is 38.4 Å². The van der Waals surface area contributed by atoms with Gasteiger partial charge < -0.3 is 25.0 Å². The van der Waals surface area contributed by atoms with Crippen LogP contribution < -0.4 is 15.0 Å². The Labute approximate surface area is 284 Å². The Morgan fingerprint density at radius 1 is 1.10 bits per heavy atom. The number of aryl methyl sites for hydroxylation is 1. The van der Waals surface area contributed by atoms with E-state index < -0.39 is 29.1 Å². The average Bonchev–Trinajstić information content (AvgIpc) is 3.56. The van der Waals surface area contributed by atoms with E-state index in [0.29, 0.717) is 35.1 Å². The molecule has 2 aliphatic heterocycles. The molecule has 0 amide bonds. The lowest BCUT2D eigenvalue weighted by atomic mass is 9.91. The molecule has 4 atom stereocenters. The molecule has 14 heteroatoms. The van der Waals surface area contributed by atoms with E-state index in [1.54, 1.807) is 32.2 Å². The lowest BCUT2D eigenvalue weighted by Crippen LogP contribution is -2.52. The summed E-state index contributed by atoms with van der Waals surface area (Å²) in [5, 5.41) is 20.3. The molecular weight excluding hydrogens is 657 g/mol. The Morgan fingerprint density at radius 3 is 2.50 bits per heavy atom. The molecule has 2 bridgehead atoms. The van der Waals surface area contributed by atoms with E-state index in [1.165, 1.54) is 28.9 Å². The zero-order chi connectivity index (χ0) is 35.3. The van der Waals surface area contributed by atoms with Crippen LogP contribution in [0.5, 0.6) is 11.8 Å². The topological polar surface area (TPSA) is 91.6 Å². The molecule has 3 fully saturated rings. The van der Waals surface area contributed by atoms with Crippen molar-refractivity contribution in [2.24, 2.45) is 18.4 Å². The normalized spacial score (nSPS) is 23.4. The first kappa shape index (κ1) is 32.5. The number of anilines is 1. The second-order valence-corrected chi connectivity index (χ2v) is 14.1. The average molecular weight is 692 g/mol. The second-order valence-electron chi connectivity index (χ2n) is 14.1. The molecule has 0 unspecified atom stereocenters. The first-order valence-electron chi connectivity index (χ1n) is 16.4. The number of piperazine rings is 1. The monoisotopic (exact) mass is 691 g/mol. The van der Waals surface area contributed by atoms with E-state index in [-0.39, 0.29) is 76.5 Å². The van der Waals surface area contributed by atoms with Gasteiger partial charge in [-0.3, -0.25) is 4.68 Å². The Bertz CT molecular complexity index is 2230. The number of phenolic OH excluding ortho intramolecular Hbond substituents is 1. The fourth-order valence-electron chi connectivity index (χ4n) is 8.33. The Morgan fingerprint density at radius 2 is 1.84 bits per heavy atom. The minimum Gasteiger partial charge on any atom is -0.508 e. The van der Waals surface area contributed by atoms with Gasteiger partial charge in [0, 0.05) is 66.7 Å². The van der Waals surface area contributed by atoms with E-state index in [0.717, 1.165) is 12.8 Å². The molecule has 3 aliphatic rings. The molecule has 9 nitrogen and oxygen atoms in total. The fraction of sp³-hybridized carbons (Fsp3) is 0.417. The molecule has 50 heavy (non-hydrogen) atoms. The van der Waals surface area contributed by atoms with Gasteiger partial charge in [0.1, 0.15) is 28.4 Å². The van der Waals surface area contributed by atoms with Gasteiger partial charge in [-0.1, -0.05) is 12.0 Å². The van der Waals surface area contributed by atoms with Crippen LogP contribution in [0.15, 0.2) is 30.5 Å². The van der Waals surface area contributed by atoms with Crippen LogP contribution in [-0.4, -0.2) is 88.4 Å². The van der Waals surface area contributed by atoms with Crippen LogP contribution >= 0.6 is 0 Å². The quantitative estimate of drug-likeness (QED) is 0.165. The minimum absolute atomic E-state index is 0.0310. The highest BCUT2D eigenvalue weighted by Gasteiger charge is 2.67. The zero-order valence-corrected chi connectivity index (χ0v) is 27.6. The summed E-state index contributed by atoms with van der Waals surface area (Å²) in [5.74, 6) is -0.510. The summed E-state index contributed by atoms with van der Waals surface area (Å²) in [4.78, 5) is 13.2. The van der Waals surface area contributed by atoms with Crippen LogP contribution in [0.1, 0.15) is 24.8 Å². The number of halogens is 5. The van der Waals surface area contributed by atoms with E-state index in [2.05, 4.69) is 26.2 Å². The van der Waals surface area contributed by atoms with Crippen molar-refractivity contribution in [2.75, 3.05) is 45.2 Å². The molecule has 1 aliphatic carbocycles. The molecular formula is C36H34F5N7O2. The zero-order valence-electron chi connectivity index (χ0n) is 27.6. The number of ether oxygens (including phenoxy) is 1. The van der Waals surface area contributed by atoms with E-state index in [1.807, 2.05) is 0 Å². The molecule has 2 aromatic heterocycles. The van der Waals surface area contributed by atoms with Gasteiger partial charge >= 0.3 is 12.2 Å². The van der Waals surface area contributed by atoms with Crippen LogP contribution in [0.4, 0.5) is 27.8 Å². The van der Waals surface area contributed by atoms with Crippen molar-refractivity contribution in [3.8, 4) is 35.2 Å². The predicted molar refractivity (Wildman–Crippen MR) is 179 cm³/mol. The number of hydrogen-bond donors (Lipinski definition) is 2. The molecule has 1 saturated carbocycles. The number of aromatic nitrogens is 4. The highest BCUT2D eigenvalue weighted by atomic mass is 19.4. The minimum atomic E-state index is -4.40. The molecule has 3 aromatic carbocycles. The first-order valence-corrected chi connectivity index (χ1v) is 16.4. The molecule has 0 radical (unpaired) electrons. The van der Waals surface area contributed by atoms with Gasteiger partial charge in [0.25, 0.3) is 0 Å². The lowest BCUT2D eigenvalue weighted by molar-refractivity contribution is -0.158. The number of benzene rings is 3. The Hall–Kier alpha value is -4.74. The van der Waals surface area contributed by atoms with Gasteiger partial charge in [0.15, 0.2) is 5.82 Å². The third-order valence-electron chi connectivity index (χ3n) is 10.4. The van der Waals surface area contributed by atoms with Gasteiger partial charge in [-0.05, 0) is 62.5 Å². The van der Waals surface area contributed by atoms with Crippen molar-refractivity contribution in [1.29, 1.82) is 0 Å². The van der Waals surface area contributed by atoms with E-state index in [4.69, 9.17) is 16.1 Å². The summed E-state index contributed by atoms with van der Waals surface area (Å²) in [7, 11) is 5.10. The summed E-state index contributed by atoms with van der Waals surface area (Å²) in [5.41, 5.74) is -1.20. The van der Waals surface area contributed by atoms with Crippen LogP contribution in [0.3, 0.4) is 0 Å². The van der Waals surface area contributed by atoms with Gasteiger partial charge in [0.05, 0.1) is 23.5 Å². The predicted octanol–water partition coefficient (Wildman–Crippen LogP) is 5.75. The highest BCUT2D eigenvalue weighted by molar-refractivity contribution is 6.18. The molecule has 5 aromatic rings. The lowest BCUT2D eigenvalue weighted by Gasteiger charge is -2.37. The number of phenols is 1. The maximum atomic E-state index is 17.5. The van der Waals surface area contributed by atoms with Gasteiger partial charge in [-0.25, -0.2) is 8.78 Å². The van der Waals surface area contributed by atoms with Crippen LogP contribution in [0.25, 0.3) is 43.7 Å². The third-order valence-corrected chi connectivity index (χ3v) is 10.4. The number of alkyl halides is 3. The van der Waals surface area contributed by atoms with Gasteiger partial charge in [-0.2, -0.15) is 28.2 Å². The fourth-order valence-corrected chi connectivity index (χ4v) is 8.33. The summed E-state index contributed by atoms with van der Waals surface area (Å²) in [6, 6.07) is 5.17. The van der Waals surface area contributed by atoms with Crippen LogP contribution in [0.2, 0.25) is 0 Å². The number of fused-ring (bicyclic) bond motifs is 6. The maximum absolute atomic E-state index is 17.5. The van der Waals surface area contributed by atoms with Crippen molar-refractivity contribution in [1.82, 2.24) is 30.0 Å². The molecule has 260 valence electrons. The Balaban J connectivity index is 1.39. The smallest absolute Gasteiger partial charge is 0.392 e. The molecule has 2 N–H and O–H groups in total. The number of terminal acetylenes is 1. The van der Waals surface area contributed by atoms with Crippen molar-refractivity contribution in [3.63, 3.8) is 0 Å². The first-order chi connectivity index (χ1) is 23.8. The summed E-state index contributed by atoms with van der Waals surface area (Å²) >= 11 is 0. The molecule has 2 saturated heterocycles. The van der Waals surface area contributed by atoms with Gasteiger partial charge in [0.2, 0.25) is 0 Å². The van der Waals surface area contributed by atoms with Crippen molar-refractivity contribution in [3.05, 3.63) is 47.7 Å². The second kappa shape index (κ2) is 11.4. The number of nitrogens with zero attached hydrogens (tertiary/aromatic N) is 6. The van der Waals surface area contributed by atoms with E-state index in [9.17, 15) is 18.3 Å². The Kier molecular flexibility index (Phi) is 7.40. The summed E-state index contributed by atoms with van der Waals surface area (Å²) in [6.45, 7) is 1.15. The van der Waals surface area contributed by atoms with Crippen molar-refractivity contribution in [2.45, 2.75) is 37.5 Å².